The van der Waals surface area contributed by atoms with Crippen molar-refractivity contribution in [3.63, 3.8) is 0 Å². The second-order valence-electron chi connectivity index (χ2n) is 6.70. The van der Waals surface area contributed by atoms with Crippen molar-refractivity contribution in [1.82, 2.24) is 10.9 Å². The second-order valence-corrected chi connectivity index (χ2v) is 7.75. The molecule has 2 aromatic carbocycles. The van der Waals surface area contributed by atoms with Gasteiger partial charge < -0.3 is 4.74 Å². The summed E-state index contributed by atoms with van der Waals surface area (Å²) < 4.78 is 5.44. The summed E-state index contributed by atoms with van der Waals surface area (Å²) in [5.41, 5.74) is 9.87. The highest BCUT2D eigenvalue weighted by molar-refractivity contribution is 8.00. The van der Waals surface area contributed by atoms with Gasteiger partial charge in [0.15, 0.2) is 6.61 Å². The van der Waals surface area contributed by atoms with Crippen LogP contribution in [0.1, 0.15) is 28.7 Å². The zero-order chi connectivity index (χ0) is 19.2. The number of carbonyl (C=O) groups excluding carboxylic acids is 2. The first-order valence-electron chi connectivity index (χ1n) is 9.03. The van der Waals surface area contributed by atoms with Crippen molar-refractivity contribution in [3.8, 4) is 5.75 Å². The molecule has 0 aliphatic heterocycles. The van der Waals surface area contributed by atoms with Gasteiger partial charge in [0.2, 0.25) is 5.91 Å². The maximum Gasteiger partial charge on any atom is 0.276 e. The number of aryl methyl sites for hydroxylation is 4. The smallest absolute Gasteiger partial charge is 0.276 e. The number of hydrogen-bond acceptors (Lipinski definition) is 4. The van der Waals surface area contributed by atoms with E-state index in [0.717, 1.165) is 23.3 Å². The zero-order valence-corrected chi connectivity index (χ0v) is 16.4. The molecule has 3 rings (SSSR count). The zero-order valence-electron chi connectivity index (χ0n) is 15.6. The lowest BCUT2D eigenvalue weighted by atomic mass is 10.1. The van der Waals surface area contributed by atoms with Gasteiger partial charge in [0, 0.05) is 4.90 Å². The van der Waals surface area contributed by atoms with E-state index in [0.29, 0.717) is 5.75 Å². The quantitative estimate of drug-likeness (QED) is 0.593. The highest BCUT2D eigenvalue weighted by Gasteiger charge is 2.12. The molecule has 0 atom stereocenters. The third-order valence-corrected chi connectivity index (χ3v) is 5.62. The van der Waals surface area contributed by atoms with Gasteiger partial charge in [-0.3, -0.25) is 20.4 Å². The van der Waals surface area contributed by atoms with Crippen molar-refractivity contribution < 1.29 is 14.3 Å². The molecule has 0 unspecified atom stereocenters. The average molecular weight is 385 g/mol. The van der Waals surface area contributed by atoms with Crippen LogP contribution in [0.15, 0.2) is 41.3 Å². The molecular formula is C21H24N2O3S. The van der Waals surface area contributed by atoms with Crippen LogP contribution in [0.3, 0.4) is 0 Å². The Morgan fingerprint density at radius 3 is 2.56 bits per heavy atom. The van der Waals surface area contributed by atoms with Crippen molar-refractivity contribution in [3.05, 3.63) is 58.7 Å². The predicted molar refractivity (Wildman–Crippen MR) is 107 cm³/mol. The highest BCUT2D eigenvalue weighted by Crippen LogP contribution is 2.27. The minimum atomic E-state index is -0.399. The molecule has 0 radical (unpaired) electrons. The molecule has 0 fully saturated rings. The van der Waals surface area contributed by atoms with E-state index in [2.05, 4.69) is 29.1 Å². The fraction of sp³-hybridized carbons (Fsp3) is 0.333. The predicted octanol–water partition coefficient (Wildman–Crippen LogP) is 3.11. The lowest BCUT2D eigenvalue weighted by Gasteiger charge is -2.10. The normalized spacial score (nSPS) is 12.4. The fourth-order valence-electron chi connectivity index (χ4n) is 2.95. The highest BCUT2D eigenvalue weighted by atomic mass is 32.2. The summed E-state index contributed by atoms with van der Waals surface area (Å²) in [6.07, 6.45) is 3.48. The number of nitrogens with one attached hydrogen (secondary N) is 2. The summed E-state index contributed by atoms with van der Waals surface area (Å²) in [7, 11) is 0. The van der Waals surface area contributed by atoms with E-state index in [4.69, 9.17) is 4.74 Å². The SMILES string of the molecule is Cc1ccc(OCC(=O)NNC(=O)CSc2ccc3c(c2)CCC3)cc1C. The van der Waals surface area contributed by atoms with Crippen LogP contribution in [0, 0.1) is 13.8 Å². The van der Waals surface area contributed by atoms with Gasteiger partial charge >= 0.3 is 0 Å². The van der Waals surface area contributed by atoms with Crippen LogP contribution in [0.4, 0.5) is 0 Å². The molecule has 142 valence electrons. The first kappa shape index (κ1) is 19.3. The van der Waals surface area contributed by atoms with E-state index >= 15 is 0 Å². The molecule has 0 heterocycles. The van der Waals surface area contributed by atoms with Crippen LogP contribution in [0.2, 0.25) is 0 Å². The Hall–Kier alpha value is -2.47. The van der Waals surface area contributed by atoms with Gasteiger partial charge in [0.25, 0.3) is 5.91 Å². The average Bonchev–Trinajstić information content (AvgIpc) is 3.13. The lowest BCUT2D eigenvalue weighted by Crippen LogP contribution is -2.44. The monoisotopic (exact) mass is 384 g/mol. The molecule has 0 saturated heterocycles. The largest absolute Gasteiger partial charge is 0.484 e. The van der Waals surface area contributed by atoms with Gasteiger partial charge in [-0.2, -0.15) is 0 Å². The number of carbonyl (C=O) groups is 2. The molecule has 2 N–H and O–H groups in total. The maximum atomic E-state index is 11.9. The molecule has 0 spiro atoms. The molecule has 6 heteroatoms. The number of thioether (sulfide) groups is 1. The lowest BCUT2D eigenvalue weighted by molar-refractivity contribution is -0.128. The number of fused-ring (bicyclic) bond motifs is 1. The number of rotatable bonds is 6. The molecule has 27 heavy (non-hydrogen) atoms. The van der Waals surface area contributed by atoms with Gasteiger partial charge in [-0.25, -0.2) is 0 Å². The molecule has 2 aromatic rings. The molecule has 5 nitrogen and oxygen atoms in total. The van der Waals surface area contributed by atoms with Gasteiger partial charge in [-0.05, 0) is 79.6 Å². The molecule has 1 aliphatic carbocycles. The van der Waals surface area contributed by atoms with Crippen LogP contribution in [0.5, 0.6) is 5.75 Å². The van der Waals surface area contributed by atoms with Crippen molar-refractivity contribution >= 4 is 23.6 Å². The third-order valence-electron chi connectivity index (χ3n) is 4.63. The Bertz CT molecular complexity index is 851. The minimum absolute atomic E-state index is 0.152. The van der Waals surface area contributed by atoms with E-state index in [1.807, 2.05) is 32.0 Å². The Morgan fingerprint density at radius 2 is 1.74 bits per heavy atom. The fourth-order valence-corrected chi connectivity index (χ4v) is 3.71. The van der Waals surface area contributed by atoms with Crippen LogP contribution in [-0.2, 0) is 22.4 Å². The van der Waals surface area contributed by atoms with Crippen LogP contribution < -0.4 is 15.6 Å². The summed E-state index contributed by atoms with van der Waals surface area (Å²) in [5.74, 6) is 0.229. The molecule has 0 bridgehead atoms. The Balaban J connectivity index is 1.37. The number of hydrogen-bond donors (Lipinski definition) is 2. The summed E-state index contributed by atoms with van der Waals surface area (Å²) in [4.78, 5) is 24.8. The van der Waals surface area contributed by atoms with E-state index in [1.165, 1.54) is 34.9 Å². The van der Waals surface area contributed by atoms with E-state index in [9.17, 15) is 9.59 Å². The van der Waals surface area contributed by atoms with Gasteiger partial charge in [-0.15, -0.1) is 11.8 Å². The van der Waals surface area contributed by atoms with Crippen molar-refractivity contribution in [2.75, 3.05) is 12.4 Å². The maximum absolute atomic E-state index is 11.9. The number of hydrazine groups is 1. The Kier molecular flexibility index (Phi) is 6.40. The Morgan fingerprint density at radius 1 is 0.963 bits per heavy atom. The number of benzene rings is 2. The summed E-state index contributed by atoms with van der Waals surface area (Å²) >= 11 is 1.46. The number of ether oxygens (including phenoxy) is 1. The van der Waals surface area contributed by atoms with Crippen molar-refractivity contribution in [1.29, 1.82) is 0 Å². The standard InChI is InChI=1S/C21H24N2O3S/c1-14-6-8-18(10-15(14)2)26-12-20(24)22-23-21(25)13-27-19-9-7-16-4-3-5-17(16)11-19/h6-11H,3-5,12-13H2,1-2H3,(H,22,24)(H,23,25). The van der Waals surface area contributed by atoms with E-state index < -0.39 is 5.91 Å². The van der Waals surface area contributed by atoms with Gasteiger partial charge in [0.1, 0.15) is 5.75 Å². The first-order valence-corrected chi connectivity index (χ1v) is 10.0. The number of amides is 2. The van der Waals surface area contributed by atoms with Crippen molar-refractivity contribution in [2.24, 2.45) is 0 Å². The summed E-state index contributed by atoms with van der Waals surface area (Å²) in [6.45, 7) is 3.85. The minimum Gasteiger partial charge on any atom is -0.484 e. The summed E-state index contributed by atoms with van der Waals surface area (Å²) in [6, 6.07) is 12.0. The third kappa shape index (κ3) is 5.50. The van der Waals surface area contributed by atoms with Gasteiger partial charge in [-0.1, -0.05) is 12.1 Å². The van der Waals surface area contributed by atoms with Gasteiger partial charge in [0.05, 0.1) is 5.75 Å². The molecule has 0 saturated carbocycles. The van der Waals surface area contributed by atoms with E-state index in [-0.39, 0.29) is 18.3 Å². The van der Waals surface area contributed by atoms with Crippen LogP contribution >= 0.6 is 11.8 Å². The molecular weight excluding hydrogens is 360 g/mol. The molecule has 1 aliphatic rings. The second kappa shape index (κ2) is 8.95. The van der Waals surface area contributed by atoms with E-state index in [1.54, 1.807) is 0 Å². The molecule has 0 aromatic heterocycles. The first-order chi connectivity index (χ1) is 13.0. The van der Waals surface area contributed by atoms with Crippen LogP contribution in [0.25, 0.3) is 0 Å². The van der Waals surface area contributed by atoms with Crippen LogP contribution in [-0.4, -0.2) is 24.2 Å². The van der Waals surface area contributed by atoms with Crippen molar-refractivity contribution in [2.45, 2.75) is 38.0 Å². The Labute approximate surface area is 163 Å². The molecule has 2 amide bonds. The topological polar surface area (TPSA) is 67.4 Å². The summed E-state index contributed by atoms with van der Waals surface area (Å²) in [5, 5.41) is 0.